The molecular formula is C12H20BrN3O. The molecule has 1 heterocycles. The van der Waals surface area contributed by atoms with Crippen LogP contribution < -0.4 is 5.32 Å². The lowest BCUT2D eigenvalue weighted by atomic mass is 10.2. The predicted molar refractivity (Wildman–Crippen MR) is 70.8 cm³/mol. The SMILES string of the molecule is CCn1nc(C)c(Br)c1CNCC(O)C1CC1. The van der Waals surface area contributed by atoms with Crippen molar-refractivity contribution in [3.05, 3.63) is 15.9 Å². The Morgan fingerprint density at radius 3 is 2.88 bits per heavy atom. The summed E-state index contributed by atoms with van der Waals surface area (Å²) in [5.74, 6) is 0.531. The minimum Gasteiger partial charge on any atom is -0.392 e. The van der Waals surface area contributed by atoms with Crippen LogP contribution in [-0.4, -0.2) is 27.5 Å². The van der Waals surface area contributed by atoms with Gasteiger partial charge < -0.3 is 10.4 Å². The van der Waals surface area contributed by atoms with Gasteiger partial charge in [0.25, 0.3) is 0 Å². The van der Waals surface area contributed by atoms with E-state index in [0.717, 1.165) is 29.0 Å². The normalized spacial score (nSPS) is 17.4. The molecule has 1 aromatic heterocycles. The van der Waals surface area contributed by atoms with Crippen LogP contribution in [0.3, 0.4) is 0 Å². The Labute approximate surface area is 111 Å². The van der Waals surface area contributed by atoms with E-state index in [1.165, 1.54) is 12.8 Å². The number of hydrogen-bond donors (Lipinski definition) is 2. The van der Waals surface area contributed by atoms with E-state index < -0.39 is 0 Å². The summed E-state index contributed by atoms with van der Waals surface area (Å²) in [6.45, 7) is 6.37. The third-order valence-corrected chi connectivity index (χ3v) is 4.30. The summed E-state index contributed by atoms with van der Waals surface area (Å²) < 4.78 is 3.07. The molecule has 1 atom stereocenters. The molecule has 0 bridgehead atoms. The first-order valence-corrected chi connectivity index (χ1v) is 7.03. The van der Waals surface area contributed by atoms with Gasteiger partial charge in [0.15, 0.2) is 0 Å². The van der Waals surface area contributed by atoms with E-state index in [4.69, 9.17) is 0 Å². The molecule has 0 spiro atoms. The lowest BCUT2D eigenvalue weighted by Gasteiger charge is -2.11. The Balaban J connectivity index is 1.88. The summed E-state index contributed by atoms with van der Waals surface area (Å²) in [7, 11) is 0. The average Bonchev–Trinajstić information content (AvgIpc) is 3.11. The number of hydrogen-bond acceptors (Lipinski definition) is 3. The van der Waals surface area contributed by atoms with Gasteiger partial charge in [-0.1, -0.05) is 0 Å². The van der Waals surface area contributed by atoms with Crippen molar-refractivity contribution in [1.29, 1.82) is 0 Å². The smallest absolute Gasteiger partial charge is 0.0739 e. The molecule has 5 heteroatoms. The average molecular weight is 302 g/mol. The van der Waals surface area contributed by atoms with Crippen LogP contribution in [-0.2, 0) is 13.1 Å². The van der Waals surface area contributed by atoms with Crippen molar-refractivity contribution in [1.82, 2.24) is 15.1 Å². The highest BCUT2D eigenvalue weighted by molar-refractivity contribution is 9.10. The van der Waals surface area contributed by atoms with Gasteiger partial charge in [-0.05, 0) is 48.5 Å². The fourth-order valence-electron chi connectivity index (χ4n) is 2.02. The highest BCUT2D eigenvalue weighted by Crippen LogP contribution is 2.32. The third kappa shape index (κ3) is 3.09. The van der Waals surface area contributed by atoms with E-state index in [9.17, 15) is 5.11 Å². The van der Waals surface area contributed by atoms with E-state index in [2.05, 4.69) is 33.3 Å². The van der Waals surface area contributed by atoms with Crippen molar-refractivity contribution in [3.8, 4) is 0 Å². The number of nitrogens with one attached hydrogen (secondary N) is 1. The maximum Gasteiger partial charge on any atom is 0.0739 e. The van der Waals surface area contributed by atoms with Crippen LogP contribution in [0.2, 0.25) is 0 Å². The van der Waals surface area contributed by atoms with Gasteiger partial charge in [0.05, 0.1) is 22.0 Å². The second-order valence-corrected chi connectivity index (χ2v) is 5.49. The van der Waals surface area contributed by atoms with Crippen LogP contribution in [0.4, 0.5) is 0 Å². The molecule has 2 N–H and O–H groups in total. The molecule has 0 saturated heterocycles. The zero-order valence-electron chi connectivity index (χ0n) is 10.4. The molecule has 0 amide bonds. The van der Waals surface area contributed by atoms with Crippen LogP contribution in [0.1, 0.15) is 31.2 Å². The predicted octanol–water partition coefficient (Wildman–Crippen LogP) is 1.83. The maximum atomic E-state index is 9.77. The van der Waals surface area contributed by atoms with Crippen molar-refractivity contribution >= 4 is 15.9 Å². The lowest BCUT2D eigenvalue weighted by molar-refractivity contribution is 0.148. The largest absolute Gasteiger partial charge is 0.392 e. The van der Waals surface area contributed by atoms with Gasteiger partial charge in [0.2, 0.25) is 0 Å². The lowest BCUT2D eigenvalue weighted by Crippen LogP contribution is -2.28. The van der Waals surface area contributed by atoms with Crippen LogP contribution in [0.25, 0.3) is 0 Å². The van der Waals surface area contributed by atoms with Crippen molar-refractivity contribution in [2.24, 2.45) is 5.92 Å². The molecule has 96 valence electrons. The number of nitrogens with zero attached hydrogens (tertiary/aromatic N) is 2. The summed E-state index contributed by atoms with van der Waals surface area (Å²) in [6, 6.07) is 0. The van der Waals surface area contributed by atoms with Gasteiger partial charge in [-0.25, -0.2) is 0 Å². The van der Waals surface area contributed by atoms with Gasteiger partial charge in [0.1, 0.15) is 0 Å². The molecule has 1 aliphatic rings. The Morgan fingerprint density at radius 2 is 2.29 bits per heavy atom. The van der Waals surface area contributed by atoms with Crippen LogP contribution in [0.15, 0.2) is 4.47 Å². The Bertz CT molecular complexity index is 387. The molecule has 0 aromatic carbocycles. The maximum absolute atomic E-state index is 9.77. The zero-order chi connectivity index (χ0) is 12.4. The second kappa shape index (κ2) is 5.50. The number of aliphatic hydroxyl groups excluding tert-OH is 1. The Hall–Kier alpha value is -0.390. The van der Waals surface area contributed by atoms with E-state index in [1.54, 1.807) is 0 Å². The number of rotatable bonds is 6. The minimum atomic E-state index is -0.187. The summed E-state index contributed by atoms with van der Waals surface area (Å²) >= 11 is 3.56. The summed E-state index contributed by atoms with van der Waals surface area (Å²) in [5, 5.41) is 17.5. The van der Waals surface area contributed by atoms with Gasteiger partial charge in [-0.15, -0.1) is 0 Å². The van der Waals surface area contributed by atoms with Gasteiger partial charge in [0, 0.05) is 19.6 Å². The summed E-state index contributed by atoms with van der Waals surface area (Å²) in [4.78, 5) is 0. The number of aromatic nitrogens is 2. The molecule has 17 heavy (non-hydrogen) atoms. The molecule has 0 aliphatic heterocycles. The molecular weight excluding hydrogens is 282 g/mol. The summed E-state index contributed by atoms with van der Waals surface area (Å²) in [6.07, 6.45) is 2.17. The van der Waals surface area contributed by atoms with Crippen molar-refractivity contribution in [3.63, 3.8) is 0 Å². The van der Waals surface area contributed by atoms with E-state index in [1.807, 2.05) is 11.6 Å². The number of aliphatic hydroxyl groups is 1. The highest BCUT2D eigenvalue weighted by Gasteiger charge is 2.29. The van der Waals surface area contributed by atoms with E-state index in [0.29, 0.717) is 12.5 Å². The molecule has 1 saturated carbocycles. The molecule has 4 nitrogen and oxygen atoms in total. The van der Waals surface area contributed by atoms with Crippen molar-refractivity contribution in [2.45, 2.75) is 45.9 Å². The van der Waals surface area contributed by atoms with Crippen LogP contribution in [0.5, 0.6) is 0 Å². The molecule has 1 aliphatic carbocycles. The molecule has 2 rings (SSSR count). The van der Waals surface area contributed by atoms with Gasteiger partial charge in [-0.2, -0.15) is 5.10 Å². The first-order chi connectivity index (χ1) is 8.13. The fourth-order valence-corrected chi connectivity index (χ4v) is 2.45. The Kier molecular flexibility index (Phi) is 4.22. The highest BCUT2D eigenvalue weighted by atomic mass is 79.9. The molecule has 1 unspecified atom stereocenters. The topological polar surface area (TPSA) is 50.1 Å². The Morgan fingerprint density at radius 1 is 1.59 bits per heavy atom. The minimum absolute atomic E-state index is 0.187. The third-order valence-electron chi connectivity index (χ3n) is 3.26. The number of halogens is 1. The standard InChI is InChI=1S/C12H20BrN3O/c1-3-16-10(12(13)8(2)15-16)6-14-7-11(17)9-4-5-9/h9,11,14,17H,3-7H2,1-2H3. The zero-order valence-corrected chi connectivity index (χ0v) is 12.0. The van der Waals surface area contributed by atoms with E-state index in [-0.39, 0.29) is 6.10 Å². The van der Waals surface area contributed by atoms with Crippen molar-refractivity contribution in [2.75, 3.05) is 6.54 Å². The monoisotopic (exact) mass is 301 g/mol. The molecule has 0 radical (unpaired) electrons. The first-order valence-electron chi connectivity index (χ1n) is 6.24. The van der Waals surface area contributed by atoms with Crippen LogP contribution >= 0.6 is 15.9 Å². The second-order valence-electron chi connectivity index (χ2n) is 4.70. The van der Waals surface area contributed by atoms with E-state index >= 15 is 0 Å². The van der Waals surface area contributed by atoms with Gasteiger partial charge in [-0.3, -0.25) is 4.68 Å². The van der Waals surface area contributed by atoms with Crippen molar-refractivity contribution < 1.29 is 5.11 Å². The van der Waals surface area contributed by atoms with Gasteiger partial charge >= 0.3 is 0 Å². The molecule has 1 aromatic rings. The summed E-state index contributed by atoms with van der Waals surface area (Å²) in [5.41, 5.74) is 2.18. The molecule has 1 fully saturated rings. The number of aryl methyl sites for hydroxylation is 2. The fraction of sp³-hybridized carbons (Fsp3) is 0.750. The quantitative estimate of drug-likeness (QED) is 0.843. The first kappa shape index (κ1) is 13.1. The van der Waals surface area contributed by atoms with Crippen LogP contribution in [0, 0.1) is 12.8 Å².